The zero-order chi connectivity index (χ0) is 23.2. The lowest BCUT2D eigenvalue weighted by molar-refractivity contribution is 0.969. The first kappa shape index (κ1) is 23.2. The number of thiophene rings is 1. The first-order valence-corrected chi connectivity index (χ1v) is 12.6. The minimum atomic E-state index is 0.674. The highest BCUT2D eigenvalue weighted by molar-refractivity contribution is 7.25. The molecule has 0 fully saturated rings. The molecule has 3 heteroatoms. The molecule has 0 spiro atoms. The van der Waals surface area contributed by atoms with Crippen LogP contribution in [0.4, 0.5) is 0 Å². The monoisotopic (exact) mass is 452 g/mol. The highest BCUT2D eigenvalue weighted by Gasteiger charge is 2.09. The standard InChI is InChI=1S/C28H26N2S.C2H6/c29-13-11-19-3-1-5-21(15-19)23-7-9-27-25(17-23)26-18-24(8-10-28(26)31-27)22-6-2-4-20(16-22)12-14-30;1-2/h1-10,15-18H,11-14,29-30H2;1-2H3. The van der Waals surface area contributed by atoms with Gasteiger partial charge in [0.05, 0.1) is 0 Å². The first-order valence-electron chi connectivity index (χ1n) is 11.8. The summed E-state index contributed by atoms with van der Waals surface area (Å²) in [5, 5.41) is 2.64. The molecule has 4 N–H and O–H groups in total. The summed E-state index contributed by atoms with van der Waals surface area (Å²) in [6, 6.07) is 31.1. The molecule has 33 heavy (non-hydrogen) atoms. The van der Waals surface area contributed by atoms with E-state index in [1.807, 2.05) is 25.2 Å². The Balaban J connectivity index is 0.00000126. The van der Waals surface area contributed by atoms with Crippen LogP contribution in [0.3, 0.4) is 0 Å². The van der Waals surface area contributed by atoms with E-state index in [1.165, 1.54) is 53.6 Å². The number of benzene rings is 4. The third-order valence-corrected chi connectivity index (χ3v) is 7.01. The van der Waals surface area contributed by atoms with Crippen molar-refractivity contribution in [1.82, 2.24) is 0 Å². The quantitative estimate of drug-likeness (QED) is 0.282. The van der Waals surface area contributed by atoms with Crippen molar-refractivity contribution in [3.8, 4) is 22.3 Å². The molecule has 0 saturated carbocycles. The van der Waals surface area contributed by atoms with Gasteiger partial charge in [0.2, 0.25) is 0 Å². The molecule has 1 aromatic heterocycles. The second-order valence-electron chi connectivity index (χ2n) is 8.00. The molecule has 1 heterocycles. The van der Waals surface area contributed by atoms with Crippen molar-refractivity contribution >= 4 is 31.5 Å². The molecule has 0 radical (unpaired) electrons. The van der Waals surface area contributed by atoms with Gasteiger partial charge in [-0.05, 0) is 83.6 Å². The first-order chi connectivity index (χ1) is 16.2. The van der Waals surface area contributed by atoms with Crippen LogP contribution in [-0.2, 0) is 12.8 Å². The topological polar surface area (TPSA) is 52.0 Å². The van der Waals surface area contributed by atoms with E-state index < -0.39 is 0 Å². The SMILES string of the molecule is CC.NCCc1cccc(-c2ccc3sc4ccc(-c5cccc(CCN)c5)cc4c3c2)c1. The Morgan fingerprint density at radius 2 is 0.970 bits per heavy atom. The zero-order valence-corrected chi connectivity index (χ0v) is 20.3. The van der Waals surface area contributed by atoms with E-state index in [0.29, 0.717) is 13.1 Å². The molecule has 0 amide bonds. The molecular formula is C30H32N2S. The second kappa shape index (κ2) is 10.8. The van der Waals surface area contributed by atoms with Crippen molar-refractivity contribution in [3.05, 3.63) is 96.1 Å². The predicted octanol–water partition coefficient (Wildman–Crippen LogP) is 7.42. The summed E-state index contributed by atoms with van der Waals surface area (Å²) >= 11 is 1.86. The summed E-state index contributed by atoms with van der Waals surface area (Å²) in [7, 11) is 0. The van der Waals surface area contributed by atoms with Gasteiger partial charge in [0, 0.05) is 20.2 Å². The highest BCUT2D eigenvalue weighted by Crippen LogP contribution is 2.38. The van der Waals surface area contributed by atoms with Gasteiger partial charge in [-0.25, -0.2) is 0 Å². The second-order valence-corrected chi connectivity index (χ2v) is 9.09. The maximum absolute atomic E-state index is 5.76. The van der Waals surface area contributed by atoms with E-state index in [0.717, 1.165) is 12.8 Å². The molecule has 0 aliphatic carbocycles. The Labute approximate surface area is 200 Å². The molecule has 168 valence electrons. The van der Waals surface area contributed by atoms with E-state index in [9.17, 15) is 0 Å². The molecule has 2 nitrogen and oxygen atoms in total. The van der Waals surface area contributed by atoms with Crippen molar-refractivity contribution in [2.45, 2.75) is 26.7 Å². The molecule has 0 bridgehead atoms. The lowest BCUT2D eigenvalue weighted by Crippen LogP contribution is -2.02. The van der Waals surface area contributed by atoms with E-state index in [1.54, 1.807) is 0 Å². The van der Waals surface area contributed by atoms with Gasteiger partial charge in [0.1, 0.15) is 0 Å². The van der Waals surface area contributed by atoms with Gasteiger partial charge in [-0.1, -0.05) is 74.5 Å². The number of fused-ring (bicyclic) bond motifs is 3. The van der Waals surface area contributed by atoms with Crippen molar-refractivity contribution in [1.29, 1.82) is 0 Å². The molecule has 0 atom stereocenters. The smallest absolute Gasteiger partial charge is 0.0355 e. The van der Waals surface area contributed by atoms with Crippen molar-refractivity contribution in [2.24, 2.45) is 11.5 Å². The molecule has 0 saturated heterocycles. The van der Waals surface area contributed by atoms with Gasteiger partial charge >= 0.3 is 0 Å². The van der Waals surface area contributed by atoms with E-state index in [-0.39, 0.29) is 0 Å². The normalized spacial score (nSPS) is 10.9. The van der Waals surface area contributed by atoms with Gasteiger partial charge in [-0.15, -0.1) is 11.3 Å². The summed E-state index contributed by atoms with van der Waals surface area (Å²) in [5.74, 6) is 0. The third kappa shape index (κ3) is 5.01. The fourth-order valence-electron chi connectivity index (χ4n) is 4.28. The largest absolute Gasteiger partial charge is 0.330 e. The molecule has 0 aliphatic heterocycles. The molecule has 5 rings (SSSR count). The lowest BCUT2D eigenvalue weighted by atomic mass is 9.98. The summed E-state index contributed by atoms with van der Waals surface area (Å²) in [4.78, 5) is 0. The number of nitrogens with two attached hydrogens (primary N) is 2. The van der Waals surface area contributed by atoms with E-state index in [2.05, 4.69) is 84.9 Å². The Bertz CT molecular complexity index is 1260. The van der Waals surface area contributed by atoms with Crippen LogP contribution in [0.15, 0.2) is 84.9 Å². The minimum absolute atomic E-state index is 0.674. The Hall–Kier alpha value is -2.98. The Morgan fingerprint density at radius 3 is 1.39 bits per heavy atom. The van der Waals surface area contributed by atoms with Crippen LogP contribution in [0, 0.1) is 0 Å². The summed E-state index contributed by atoms with van der Waals surface area (Å²) in [6.07, 6.45) is 1.81. The van der Waals surface area contributed by atoms with Crippen LogP contribution in [0.2, 0.25) is 0 Å². The average molecular weight is 453 g/mol. The van der Waals surface area contributed by atoms with E-state index in [4.69, 9.17) is 11.5 Å². The van der Waals surface area contributed by atoms with Crippen molar-refractivity contribution in [3.63, 3.8) is 0 Å². The third-order valence-electron chi connectivity index (χ3n) is 5.86. The highest BCUT2D eigenvalue weighted by atomic mass is 32.1. The fourth-order valence-corrected chi connectivity index (χ4v) is 5.35. The summed E-state index contributed by atoms with van der Waals surface area (Å²) < 4.78 is 2.65. The van der Waals surface area contributed by atoms with Crippen LogP contribution < -0.4 is 11.5 Å². The fraction of sp³-hybridized carbons (Fsp3) is 0.200. The number of rotatable bonds is 6. The van der Waals surface area contributed by atoms with Gasteiger partial charge in [-0.3, -0.25) is 0 Å². The number of hydrogen-bond donors (Lipinski definition) is 2. The molecular weight excluding hydrogens is 420 g/mol. The number of hydrogen-bond acceptors (Lipinski definition) is 3. The Kier molecular flexibility index (Phi) is 7.56. The molecule has 0 aliphatic rings. The van der Waals surface area contributed by atoms with Crippen LogP contribution in [-0.4, -0.2) is 13.1 Å². The van der Waals surface area contributed by atoms with Crippen LogP contribution in [0.5, 0.6) is 0 Å². The molecule has 5 aromatic rings. The average Bonchev–Trinajstić information content (AvgIpc) is 3.23. The van der Waals surface area contributed by atoms with Crippen LogP contribution >= 0.6 is 11.3 Å². The molecule has 4 aromatic carbocycles. The van der Waals surface area contributed by atoms with Gasteiger partial charge in [0.25, 0.3) is 0 Å². The van der Waals surface area contributed by atoms with Gasteiger partial charge in [-0.2, -0.15) is 0 Å². The van der Waals surface area contributed by atoms with Crippen molar-refractivity contribution in [2.75, 3.05) is 13.1 Å². The molecule has 0 unspecified atom stereocenters. The van der Waals surface area contributed by atoms with Gasteiger partial charge < -0.3 is 11.5 Å². The maximum Gasteiger partial charge on any atom is 0.0355 e. The van der Waals surface area contributed by atoms with Crippen LogP contribution in [0.25, 0.3) is 42.4 Å². The minimum Gasteiger partial charge on any atom is -0.330 e. The zero-order valence-electron chi connectivity index (χ0n) is 19.5. The predicted molar refractivity (Wildman–Crippen MR) is 147 cm³/mol. The van der Waals surface area contributed by atoms with E-state index >= 15 is 0 Å². The van der Waals surface area contributed by atoms with Gasteiger partial charge in [0.15, 0.2) is 0 Å². The summed E-state index contributed by atoms with van der Waals surface area (Å²) in [6.45, 7) is 5.35. The Morgan fingerprint density at radius 1 is 0.545 bits per heavy atom. The van der Waals surface area contributed by atoms with Crippen molar-refractivity contribution < 1.29 is 0 Å². The van der Waals surface area contributed by atoms with Crippen LogP contribution in [0.1, 0.15) is 25.0 Å². The maximum atomic E-state index is 5.76. The summed E-state index contributed by atoms with van der Waals surface area (Å²) in [5.41, 5.74) is 19.1. The lowest BCUT2D eigenvalue weighted by Gasteiger charge is -2.07.